The van der Waals surface area contributed by atoms with E-state index in [-0.39, 0.29) is 17.0 Å². The minimum atomic E-state index is -0.475. The Morgan fingerprint density at radius 3 is 2.73 bits per heavy atom. The van der Waals surface area contributed by atoms with Crippen LogP contribution in [0.25, 0.3) is 21.7 Å². The van der Waals surface area contributed by atoms with Crippen molar-refractivity contribution < 1.29 is 10.0 Å². The number of hydrogen-bond donors (Lipinski definition) is 1. The third-order valence-corrected chi connectivity index (χ3v) is 4.83. The fraction of sp³-hybridized carbons (Fsp3) is 0.136. The van der Waals surface area contributed by atoms with Crippen molar-refractivity contribution in [1.29, 1.82) is 0 Å². The molecule has 1 heterocycles. The highest BCUT2D eigenvalue weighted by Gasteiger charge is 2.12. The van der Waals surface area contributed by atoms with Gasteiger partial charge in [0.2, 0.25) is 0 Å². The lowest BCUT2D eigenvalue weighted by Gasteiger charge is -2.09. The number of aryl methyl sites for hydroxylation is 1. The quantitative estimate of drug-likeness (QED) is 0.308. The molecule has 0 atom stereocenters. The average Bonchev–Trinajstić information content (AvgIpc) is 2.74. The Kier molecular flexibility index (Phi) is 4.97. The van der Waals surface area contributed by atoms with Crippen LogP contribution in [0.5, 0.6) is 5.75 Å². The van der Waals surface area contributed by atoms with Gasteiger partial charge in [-0.1, -0.05) is 25.1 Å². The highest BCUT2D eigenvalue weighted by atomic mass is 16.6. The van der Waals surface area contributed by atoms with Crippen molar-refractivity contribution in [3.05, 3.63) is 86.5 Å². The standard InChI is InChI=1S/C22H18N4O4/c1-2-5-21-24-19-7-4-3-6-17(19)22(28)25(21)23-13-18-16-10-9-15(26(29)30)12-14(16)8-11-20(18)27/h3-4,6-13,27H,2,5H2,1H3/b23-13+. The van der Waals surface area contributed by atoms with E-state index in [2.05, 4.69) is 10.1 Å². The third-order valence-electron chi connectivity index (χ3n) is 4.83. The zero-order valence-electron chi connectivity index (χ0n) is 16.1. The van der Waals surface area contributed by atoms with Crippen LogP contribution in [0.1, 0.15) is 24.7 Å². The van der Waals surface area contributed by atoms with Gasteiger partial charge in [0, 0.05) is 24.1 Å². The van der Waals surface area contributed by atoms with Gasteiger partial charge < -0.3 is 5.11 Å². The second kappa shape index (κ2) is 7.75. The Morgan fingerprint density at radius 2 is 1.97 bits per heavy atom. The Balaban J connectivity index is 1.89. The predicted octanol–water partition coefficient (Wildman–Crippen LogP) is 4.00. The van der Waals surface area contributed by atoms with E-state index in [9.17, 15) is 20.0 Å². The van der Waals surface area contributed by atoms with Crippen molar-refractivity contribution in [2.24, 2.45) is 5.10 Å². The smallest absolute Gasteiger partial charge is 0.282 e. The fourth-order valence-electron chi connectivity index (χ4n) is 3.37. The van der Waals surface area contributed by atoms with Crippen LogP contribution in [-0.4, -0.2) is 25.9 Å². The molecule has 0 unspecified atom stereocenters. The number of nitro groups is 1. The number of phenols is 1. The van der Waals surface area contributed by atoms with E-state index in [1.165, 1.54) is 29.1 Å². The molecule has 0 saturated carbocycles. The van der Waals surface area contributed by atoms with Gasteiger partial charge in [-0.05, 0) is 41.5 Å². The fourth-order valence-corrected chi connectivity index (χ4v) is 3.37. The minimum Gasteiger partial charge on any atom is -0.507 e. The van der Waals surface area contributed by atoms with E-state index in [0.29, 0.717) is 39.5 Å². The molecule has 4 rings (SSSR count). The van der Waals surface area contributed by atoms with Gasteiger partial charge in [-0.25, -0.2) is 4.98 Å². The van der Waals surface area contributed by atoms with Gasteiger partial charge in [0.1, 0.15) is 11.6 Å². The van der Waals surface area contributed by atoms with E-state index in [1.54, 1.807) is 30.3 Å². The van der Waals surface area contributed by atoms with Crippen molar-refractivity contribution in [3.8, 4) is 5.75 Å². The zero-order chi connectivity index (χ0) is 21.3. The summed E-state index contributed by atoms with van der Waals surface area (Å²) in [5.41, 5.74) is 0.634. The highest BCUT2D eigenvalue weighted by molar-refractivity contribution is 6.03. The molecule has 0 spiro atoms. The minimum absolute atomic E-state index is 0.0426. The molecule has 4 aromatic rings. The molecule has 0 saturated heterocycles. The van der Waals surface area contributed by atoms with Crippen molar-refractivity contribution in [2.45, 2.75) is 19.8 Å². The van der Waals surface area contributed by atoms with Crippen LogP contribution in [0, 0.1) is 10.1 Å². The number of benzene rings is 3. The van der Waals surface area contributed by atoms with Crippen LogP contribution >= 0.6 is 0 Å². The summed E-state index contributed by atoms with van der Waals surface area (Å²) in [5.74, 6) is 0.478. The average molecular weight is 402 g/mol. The highest BCUT2D eigenvalue weighted by Crippen LogP contribution is 2.28. The van der Waals surface area contributed by atoms with Gasteiger partial charge >= 0.3 is 0 Å². The summed E-state index contributed by atoms with van der Waals surface area (Å²) in [7, 11) is 0. The molecule has 0 radical (unpaired) electrons. The summed E-state index contributed by atoms with van der Waals surface area (Å²) in [6.45, 7) is 1.98. The van der Waals surface area contributed by atoms with Gasteiger partial charge in [0.15, 0.2) is 0 Å². The number of nitro benzene ring substituents is 1. The summed E-state index contributed by atoms with van der Waals surface area (Å²) in [6, 6.07) is 14.5. The maximum absolute atomic E-state index is 13.0. The number of para-hydroxylation sites is 1. The summed E-state index contributed by atoms with van der Waals surface area (Å²) in [5, 5.41) is 27.3. The molecule has 30 heavy (non-hydrogen) atoms. The summed E-state index contributed by atoms with van der Waals surface area (Å²) in [6.07, 6.45) is 2.73. The summed E-state index contributed by atoms with van der Waals surface area (Å²) >= 11 is 0. The monoisotopic (exact) mass is 402 g/mol. The molecular weight excluding hydrogens is 384 g/mol. The molecule has 8 heteroatoms. The van der Waals surface area contributed by atoms with E-state index in [1.807, 2.05) is 13.0 Å². The Hall–Kier alpha value is -4.07. The molecule has 0 fully saturated rings. The second-order valence-electron chi connectivity index (χ2n) is 6.82. The largest absolute Gasteiger partial charge is 0.507 e. The van der Waals surface area contributed by atoms with Gasteiger partial charge in [-0.3, -0.25) is 14.9 Å². The normalized spacial score (nSPS) is 11.5. The maximum Gasteiger partial charge on any atom is 0.282 e. The van der Waals surface area contributed by atoms with Crippen LogP contribution in [0.3, 0.4) is 0 Å². The summed E-state index contributed by atoms with van der Waals surface area (Å²) < 4.78 is 1.25. The van der Waals surface area contributed by atoms with Gasteiger partial charge in [0.25, 0.3) is 11.2 Å². The van der Waals surface area contributed by atoms with Crippen molar-refractivity contribution in [3.63, 3.8) is 0 Å². The first-order chi connectivity index (χ1) is 14.5. The van der Waals surface area contributed by atoms with Crippen molar-refractivity contribution in [2.75, 3.05) is 0 Å². The Bertz CT molecular complexity index is 1380. The van der Waals surface area contributed by atoms with E-state index < -0.39 is 4.92 Å². The lowest BCUT2D eigenvalue weighted by atomic mass is 10.0. The first kappa shape index (κ1) is 19.3. The SMILES string of the molecule is CCCc1nc2ccccc2c(=O)n1/N=C/c1c(O)ccc2cc([N+](=O)[O-])ccc12. The molecule has 150 valence electrons. The molecule has 0 aliphatic rings. The van der Waals surface area contributed by atoms with E-state index >= 15 is 0 Å². The first-order valence-electron chi connectivity index (χ1n) is 9.44. The predicted molar refractivity (Wildman–Crippen MR) is 115 cm³/mol. The number of rotatable bonds is 5. The maximum atomic E-state index is 13.0. The number of aromatic nitrogens is 2. The zero-order valence-corrected chi connectivity index (χ0v) is 16.1. The number of nitrogens with zero attached hydrogens (tertiary/aromatic N) is 4. The number of phenolic OH excluding ortho intramolecular Hbond substituents is 1. The van der Waals surface area contributed by atoms with Crippen molar-refractivity contribution in [1.82, 2.24) is 9.66 Å². The molecule has 0 amide bonds. The lowest BCUT2D eigenvalue weighted by Crippen LogP contribution is -2.22. The van der Waals surface area contributed by atoms with E-state index in [0.717, 1.165) is 6.42 Å². The second-order valence-corrected chi connectivity index (χ2v) is 6.82. The molecule has 0 bridgehead atoms. The lowest BCUT2D eigenvalue weighted by molar-refractivity contribution is -0.384. The van der Waals surface area contributed by atoms with Crippen LogP contribution in [0.15, 0.2) is 64.5 Å². The van der Waals surface area contributed by atoms with Gasteiger partial charge in [-0.2, -0.15) is 9.78 Å². The van der Waals surface area contributed by atoms with Crippen molar-refractivity contribution >= 4 is 33.6 Å². The van der Waals surface area contributed by atoms with Crippen LogP contribution in [0.4, 0.5) is 5.69 Å². The molecular formula is C22H18N4O4. The van der Waals surface area contributed by atoms with Crippen LogP contribution in [-0.2, 0) is 6.42 Å². The summed E-state index contributed by atoms with van der Waals surface area (Å²) in [4.78, 5) is 28.1. The topological polar surface area (TPSA) is 111 Å². The van der Waals surface area contributed by atoms with E-state index in [4.69, 9.17) is 0 Å². The number of hydrogen-bond acceptors (Lipinski definition) is 6. The number of aromatic hydroxyl groups is 1. The number of fused-ring (bicyclic) bond motifs is 2. The van der Waals surface area contributed by atoms with Gasteiger partial charge in [-0.15, -0.1) is 0 Å². The molecule has 8 nitrogen and oxygen atoms in total. The van der Waals surface area contributed by atoms with Crippen LogP contribution in [0.2, 0.25) is 0 Å². The Morgan fingerprint density at radius 1 is 1.17 bits per heavy atom. The molecule has 3 aromatic carbocycles. The Labute approximate surface area is 170 Å². The first-order valence-corrected chi connectivity index (χ1v) is 9.44. The molecule has 1 aromatic heterocycles. The molecule has 0 aliphatic carbocycles. The van der Waals surface area contributed by atoms with Gasteiger partial charge in [0.05, 0.1) is 22.0 Å². The molecule has 0 aliphatic heterocycles. The van der Waals surface area contributed by atoms with Crippen LogP contribution < -0.4 is 5.56 Å². The molecule has 1 N–H and O–H groups in total. The third kappa shape index (κ3) is 3.39. The number of non-ortho nitro benzene ring substituents is 1.